The summed E-state index contributed by atoms with van der Waals surface area (Å²) in [4.78, 5) is 2.45. The molecule has 2 aliphatic rings. The van der Waals surface area contributed by atoms with Gasteiger partial charge in [0, 0.05) is 18.3 Å². The highest BCUT2D eigenvalue weighted by Gasteiger charge is 2.28. The lowest BCUT2D eigenvalue weighted by atomic mass is 10.0. The Kier molecular flexibility index (Phi) is 5.59. The monoisotopic (exact) mass is 329 g/mol. The van der Waals surface area contributed by atoms with Crippen LogP contribution in [0.15, 0.2) is 48.1 Å². The Morgan fingerprint density at radius 2 is 1.96 bits per heavy atom. The summed E-state index contributed by atoms with van der Waals surface area (Å²) in [5.41, 5.74) is 2.50. The van der Waals surface area contributed by atoms with Crippen LogP contribution in [-0.2, 0) is 9.47 Å². The zero-order valence-electron chi connectivity index (χ0n) is 14.8. The molecule has 130 valence electrons. The number of fused-ring (bicyclic) bond motifs is 1. The van der Waals surface area contributed by atoms with Crippen molar-refractivity contribution in [2.24, 2.45) is 0 Å². The lowest BCUT2D eigenvalue weighted by molar-refractivity contribution is 0.0503. The third-order valence-electron chi connectivity index (χ3n) is 4.72. The summed E-state index contributed by atoms with van der Waals surface area (Å²) < 4.78 is 16.4. The van der Waals surface area contributed by atoms with Crippen molar-refractivity contribution in [1.82, 2.24) is 0 Å². The van der Waals surface area contributed by atoms with Crippen molar-refractivity contribution in [2.75, 3.05) is 25.3 Å². The van der Waals surface area contributed by atoms with Gasteiger partial charge < -0.3 is 19.1 Å². The highest BCUT2D eigenvalue weighted by molar-refractivity contribution is 5.52. The van der Waals surface area contributed by atoms with Gasteiger partial charge in [-0.25, -0.2) is 0 Å². The summed E-state index contributed by atoms with van der Waals surface area (Å²) in [6.07, 6.45) is 8.96. The second-order valence-corrected chi connectivity index (χ2v) is 6.44. The Balaban J connectivity index is 1.78. The zero-order valence-corrected chi connectivity index (χ0v) is 14.8. The number of ether oxygens (including phenoxy) is 3. The van der Waals surface area contributed by atoms with Crippen molar-refractivity contribution in [3.63, 3.8) is 0 Å². The standard InChI is InChI=1S/C20H27NO3/c1-4-5-15(2)21(17-7-9-18(22-3)10-8-17)13-16-6-11-19-20(12-16)24-14-23-19/h6-12,15,19-20H,4-5,13-14H2,1-3H3. The largest absolute Gasteiger partial charge is 0.497 e. The summed E-state index contributed by atoms with van der Waals surface area (Å²) in [5.74, 6) is 0.887. The maximum absolute atomic E-state index is 5.63. The van der Waals surface area contributed by atoms with E-state index in [4.69, 9.17) is 14.2 Å². The zero-order chi connectivity index (χ0) is 16.9. The molecule has 0 N–H and O–H groups in total. The molecule has 3 atom stereocenters. The number of rotatable bonds is 7. The minimum atomic E-state index is 0.0594. The van der Waals surface area contributed by atoms with E-state index >= 15 is 0 Å². The van der Waals surface area contributed by atoms with E-state index in [9.17, 15) is 0 Å². The first-order valence-electron chi connectivity index (χ1n) is 8.74. The predicted octanol–water partition coefficient (Wildman–Crippen LogP) is 3.93. The van der Waals surface area contributed by atoms with Crippen LogP contribution in [0.5, 0.6) is 5.75 Å². The van der Waals surface area contributed by atoms with Crippen LogP contribution in [0.3, 0.4) is 0 Å². The van der Waals surface area contributed by atoms with E-state index in [0.717, 1.165) is 18.7 Å². The Morgan fingerprint density at radius 3 is 2.67 bits per heavy atom. The molecule has 3 unspecified atom stereocenters. The van der Waals surface area contributed by atoms with Crippen LogP contribution in [0.25, 0.3) is 0 Å². The van der Waals surface area contributed by atoms with E-state index in [2.05, 4.69) is 49.1 Å². The molecular formula is C20H27NO3. The molecular weight excluding hydrogens is 302 g/mol. The van der Waals surface area contributed by atoms with E-state index in [0.29, 0.717) is 12.8 Å². The lowest BCUT2D eigenvalue weighted by Crippen LogP contribution is -2.35. The quantitative estimate of drug-likeness (QED) is 0.758. The van der Waals surface area contributed by atoms with Gasteiger partial charge in [0.2, 0.25) is 0 Å². The summed E-state index contributed by atoms with van der Waals surface area (Å²) in [5, 5.41) is 0. The molecule has 0 radical (unpaired) electrons. The maximum atomic E-state index is 5.63. The molecule has 24 heavy (non-hydrogen) atoms. The molecule has 0 amide bonds. The van der Waals surface area contributed by atoms with E-state index in [1.807, 2.05) is 12.1 Å². The summed E-state index contributed by atoms with van der Waals surface area (Å²) >= 11 is 0. The Bertz CT molecular complexity index is 593. The van der Waals surface area contributed by atoms with Crippen LogP contribution in [0.1, 0.15) is 26.7 Å². The molecule has 1 aromatic carbocycles. The van der Waals surface area contributed by atoms with E-state index in [1.165, 1.54) is 17.7 Å². The highest BCUT2D eigenvalue weighted by atomic mass is 16.7. The average molecular weight is 329 g/mol. The minimum Gasteiger partial charge on any atom is -0.497 e. The lowest BCUT2D eigenvalue weighted by Gasteiger charge is -2.33. The van der Waals surface area contributed by atoms with Crippen LogP contribution in [0.2, 0.25) is 0 Å². The summed E-state index contributed by atoms with van der Waals surface area (Å²) in [6, 6.07) is 8.79. The topological polar surface area (TPSA) is 30.9 Å². The molecule has 0 aromatic heterocycles. The Labute approximate surface area is 144 Å². The van der Waals surface area contributed by atoms with Crippen LogP contribution >= 0.6 is 0 Å². The van der Waals surface area contributed by atoms with Crippen molar-refractivity contribution in [3.8, 4) is 5.75 Å². The second-order valence-electron chi connectivity index (χ2n) is 6.44. The van der Waals surface area contributed by atoms with Gasteiger partial charge >= 0.3 is 0 Å². The molecule has 1 saturated heterocycles. The van der Waals surface area contributed by atoms with E-state index in [-0.39, 0.29) is 12.2 Å². The molecule has 1 aromatic rings. The first-order valence-corrected chi connectivity index (χ1v) is 8.74. The minimum absolute atomic E-state index is 0.0594. The van der Waals surface area contributed by atoms with Gasteiger partial charge in [-0.3, -0.25) is 0 Å². The third kappa shape index (κ3) is 3.82. The van der Waals surface area contributed by atoms with Crippen molar-refractivity contribution in [3.05, 3.63) is 48.1 Å². The molecule has 1 aliphatic carbocycles. The molecule has 4 heteroatoms. The van der Waals surface area contributed by atoms with Gasteiger partial charge in [-0.2, -0.15) is 0 Å². The third-order valence-corrected chi connectivity index (χ3v) is 4.72. The van der Waals surface area contributed by atoms with Gasteiger partial charge in [-0.1, -0.05) is 25.5 Å². The molecule has 0 saturated carbocycles. The molecule has 0 bridgehead atoms. The summed E-state index contributed by atoms with van der Waals surface area (Å²) in [6.45, 7) is 5.78. The maximum Gasteiger partial charge on any atom is 0.148 e. The molecule has 1 aliphatic heterocycles. The predicted molar refractivity (Wildman–Crippen MR) is 96.5 cm³/mol. The Morgan fingerprint density at radius 1 is 1.21 bits per heavy atom. The highest BCUT2D eigenvalue weighted by Crippen LogP contribution is 2.27. The fourth-order valence-electron chi connectivity index (χ4n) is 3.33. The van der Waals surface area contributed by atoms with E-state index in [1.54, 1.807) is 7.11 Å². The smallest absolute Gasteiger partial charge is 0.148 e. The van der Waals surface area contributed by atoms with Gasteiger partial charge in [0.05, 0.1) is 7.11 Å². The second kappa shape index (κ2) is 7.86. The fraction of sp³-hybridized carbons (Fsp3) is 0.500. The first-order chi connectivity index (χ1) is 11.7. The van der Waals surface area contributed by atoms with Gasteiger partial charge in [0.25, 0.3) is 0 Å². The van der Waals surface area contributed by atoms with Crippen LogP contribution < -0.4 is 9.64 Å². The van der Waals surface area contributed by atoms with Crippen molar-refractivity contribution in [2.45, 2.75) is 44.9 Å². The number of anilines is 1. The van der Waals surface area contributed by atoms with E-state index < -0.39 is 0 Å². The molecule has 1 fully saturated rings. The Hall–Kier alpha value is -1.78. The average Bonchev–Trinajstić information content (AvgIpc) is 3.07. The van der Waals surface area contributed by atoms with Gasteiger partial charge in [0.15, 0.2) is 0 Å². The number of methoxy groups -OCH3 is 1. The van der Waals surface area contributed by atoms with Crippen LogP contribution in [0.4, 0.5) is 5.69 Å². The molecule has 0 spiro atoms. The first kappa shape index (κ1) is 17.1. The number of benzene rings is 1. The number of nitrogens with zero attached hydrogens (tertiary/aromatic N) is 1. The van der Waals surface area contributed by atoms with Crippen molar-refractivity contribution >= 4 is 5.69 Å². The fourth-order valence-corrected chi connectivity index (χ4v) is 3.33. The molecule has 3 rings (SSSR count). The van der Waals surface area contributed by atoms with Gasteiger partial charge in [-0.05, 0) is 49.3 Å². The van der Waals surface area contributed by atoms with Crippen molar-refractivity contribution in [1.29, 1.82) is 0 Å². The van der Waals surface area contributed by atoms with Gasteiger partial charge in [0.1, 0.15) is 24.8 Å². The van der Waals surface area contributed by atoms with Crippen molar-refractivity contribution < 1.29 is 14.2 Å². The molecule has 1 heterocycles. The van der Waals surface area contributed by atoms with Crippen LogP contribution in [0, 0.1) is 0 Å². The number of hydrogen-bond donors (Lipinski definition) is 0. The summed E-state index contributed by atoms with van der Waals surface area (Å²) in [7, 11) is 1.70. The molecule has 4 nitrogen and oxygen atoms in total. The van der Waals surface area contributed by atoms with Crippen LogP contribution in [-0.4, -0.2) is 38.7 Å². The SMILES string of the molecule is CCCC(C)N(CC1=CC2OCOC2C=C1)c1ccc(OC)cc1. The van der Waals surface area contributed by atoms with Gasteiger partial charge in [-0.15, -0.1) is 0 Å². The number of hydrogen-bond acceptors (Lipinski definition) is 4. The normalized spacial score (nSPS) is 23.5.